The van der Waals surface area contributed by atoms with Crippen molar-refractivity contribution in [2.24, 2.45) is 5.73 Å². The molecule has 0 unspecified atom stereocenters. The Balaban J connectivity index is 1.38. The summed E-state index contributed by atoms with van der Waals surface area (Å²) in [5.41, 5.74) is 6.93. The highest BCUT2D eigenvalue weighted by Crippen LogP contribution is 2.22. The van der Waals surface area contributed by atoms with Crippen molar-refractivity contribution in [2.75, 3.05) is 0 Å². The van der Waals surface area contributed by atoms with Gasteiger partial charge in [0.05, 0.1) is 0 Å². The molecule has 0 radical (unpaired) electrons. The fourth-order valence-corrected chi connectivity index (χ4v) is 2.87. The molecule has 0 bridgehead atoms. The van der Waals surface area contributed by atoms with Gasteiger partial charge in [-0.3, -0.25) is 9.59 Å². The maximum absolute atomic E-state index is 12.5. The Morgan fingerprint density at radius 1 is 0.968 bits per heavy atom. The summed E-state index contributed by atoms with van der Waals surface area (Å²) in [6.07, 6.45) is 4.63. The smallest absolute Gasteiger partial charge is 0.251 e. The van der Waals surface area contributed by atoms with Gasteiger partial charge in [0.25, 0.3) is 5.91 Å². The summed E-state index contributed by atoms with van der Waals surface area (Å²) in [4.78, 5) is 31.9. The van der Waals surface area contributed by atoms with Crippen molar-refractivity contribution in [3.05, 3.63) is 96.2 Å². The highest BCUT2D eigenvalue weighted by atomic mass is 16.5. The summed E-state index contributed by atoms with van der Waals surface area (Å²) < 4.78 is 7.27. The van der Waals surface area contributed by atoms with Crippen LogP contribution in [0.5, 0.6) is 11.5 Å². The Labute approximate surface area is 177 Å². The Kier molecular flexibility index (Phi) is 5.66. The Morgan fingerprint density at radius 2 is 1.65 bits per heavy atom. The number of hydrogen-bond donors (Lipinski definition) is 2. The molecule has 4 aromatic rings. The average molecular weight is 414 g/mol. The van der Waals surface area contributed by atoms with E-state index in [1.54, 1.807) is 71.8 Å². The second-order valence-electron chi connectivity index (χ2n) is 6.52. The van der Waals surface area contributed by atoms with Crippen molar-refractivity contribution >= 4 is 11.8 Å². The van der Waals surface area contributed by atoms with E-state index in [9.17, 15) is 9.59 Å². The molecule has 2 aromatic heterocycles. The third-order valence-corrected chi connectivity index (χ3v) is 4.43. The third-order valence-electron chi connectivity index (χ3n) is 4.43. The van der Waals surface area contributed by atoms with Crippen LogP contribution in [0.4, 0.5) is 0 Å². The van der Waals surface area contributed by atoms with Crippen LogP contribution in [0.3, 0.4) is 0 Å². The van der Waals surface area contributed by atoms with Gasteiger partial charge in [-0.2, -0.15) is 5.10 Å². The quantitative estimate of drug-likeness (QED) is 0.479. The van der Waals surface area contributed by atoms with Crippen molar-refractivity contribution in [1.82, 2.24) is 25.1 Å². The van der Waals surface area contributed by atoms with Gasteiger partial charge < -0.3 is 15.8 Å². The van der Waals surface area contributed by atoms with Crippen LogP contribution in [-0.2, 0) is 6.54 Å². The number of nitrogens with zero attached hydrogens (tertiary/aromatic N) is 4. The largest absolute Gasteiger partial charge is 0.457 e. The maximum Gasteiger partial charge on any atom is 0.251 e. The number of ether oxygens (including phenoxy) is 1. The van der Waals surface area contributed by atoms with Crippen molar-refractivity contribution < 1.29 is 14.3 Å². The third kappa shape index (κ3) is 4.73. The lowest BCUT2D eigenvalue weighted by Gasteiger charge is -2.10. The van der Waals surface area contributed by atoms with Crippen molar-refractivity contribution in [3.8, 4) is 17.3 Å². The lowest BCUT2D eigenvalue weighted by molar-refractivity contribution is 0.0949. The number of carbonyl (C=O) groups excluding carboxylic acids is 2. The van der Waals surface area contributed by atoms with E-state index in [1.807, 2.05) is 6.07 Å². The van der Waals surface area contributed by atoms with E-state index in [-0.39, 0.29) is 12.5 Å². The van der Waals surface area contributed by atoms with Gasteiger partial charge in [-0.15, -0.1) is 0 Å². The lowest BCUT2D eigenvalue weighted by atomic mass is 10.2. The average Bonchev–Trinajstić information content (AvgIpc) is 3.33. The molecule has 0 atom stereocenters. The number of carbonyl (C=O) groups is 2. The Morgan fingerprint density at radius 3 is 2.26 bits per heavy atom. The van der Waals surface area contributed by atoms with Crippen LogP contribution in [-0.4, -0.2) is 31.6 Å². The van der Waals surface area contributed by atoms with Crippen LogP contribution in [0, 0.1) is 0 Å². The Hall–Kier alpha value is -4.53. The number of nitrogens with one attached hydrogen (secondary N) is 1. The maximum atomic E-state index is 12.5. The predicted octanol–water partition coefficient (Wildman–Crippen LogP) is 2.48. The van der Waals surface area contributed by atoms with Gasteiger partial charge in [0.1, 0.15) is 24.2 Å². The number of pyridine rings is 1. The molecule has 9 nitrogen and oxygen atoms in total. The first kappa shape index (κ1) is 19.8. The van der Waals surface area contributed by atoms with Gasteiger partial charge in [-0.1, -0.05) is 6.07 Å². The van der Waals surface area contributed by atoms with Crippen molar-refractivity contribution in [1.29, 1.82) is 0 Å². The van der Waals surface area contributed by atoms with Gasteiger partial charge >= 0.3 is 0 Å². The van der Waals surface area contributed by atoms with Crippen LogP contribution < -0.4 is 15.8 Å². The SMILES string of the molecule is NC(=O)c1ccc(Oc2ccc(C(=O)NCc3cccnc3-n3cncn3)cc2)cc1. The summed E-state index contributed by atoms with van der Waals surface area (Å²) in [6.45, 7) is 0.284. The molecule has 0 spiro atoms. The van der Waals surface area contributed by atoms with Gasteiger partial charge in [-0.05, 0) is 54.6 Å². The van der Waals surface area contributed by atoms with Gasteiger partial charge in [0, 0.05) is 29.4 Å². The van der Waals surface area contributed by atoms with E-state index in [0.29, 0.717) is 28.4 Å². The number of primary amides is 1. The van der Waals surface area contributed by atoms with E-state index in [2.05, 4.69) is 20.4 Å². The minimum atomic E-state index is -0.499. The molecule has 2 aromatic carbocycles. The summed E-state index contributed by atoms with van der Waals surface area (Å²) in [5.74, 6) is 0.988. The first-order chi connectivity index (χ1) is 15.1. The van der Waals surface area contributed by atoms with E-state index in [1.165, 1.54) is 6.33 Å². The minimum absolute atomic E-state index is 0.231. The summed E-state index contributed by atoms with van der Waals surface area (Å²) in [7, 11) is 0. The summed E-state index contributed by atoms with van der Waals surface area (Å²) >= 11 is 0. The van der Waals surface area contributed by atoms with Crippen LogP contribution in [0.2, 0.25) is 0 Å². The molecule has 2 heterocycles. The first-order valence-electron chi connectivity index (χ1n) is 9.35. The van der Waals surface area contributed by atoms with Crippen LogP contribution >= 0.6 is 0 Å². The molecule has 2 amide bonds. The number of benzene rings is 2. The lowest BCUT2D eigenvalue weighted by Crippen LogP contribution is -2.23. The number of amides is 2. The standard InChI is InChI=1S/C22H18N6O3/c23-20(29)15-3-7-18(8-4-15)31-19-9-5-16(6-10-19)22(30)26-12-17-2-1-11-25-21(17)28-14-24-13-27-28/h1-11,13-14H,12H2,(H2,23,29)(H,26,30). The zero-order valence-electron chi connectivity index (χ0n) is 16.3. The van der Waals surface area contributed by atoms with Crippen LogP contribution in [0.25, 0.3) is 5.82 Å². The second-order valence-corrected chi connectivity index (χ2v) is 6.52. The number of nitrogens with two attached hydrogens (primary N) is 1. The molecule has 0 aliphatic rings. The fourth-order valence-electron chi connectivity index (χ4n) is 2.87. The van der Waals surface area contributed by atoms with Crippen molar-refractivity contribution in [2.45, 2.75) is 6.54 Å². The molecule has 0 saturated heterocycles. The topological polar surface area (TPSA) is 125 Å². The first-order valence-corrected chi connectivity index (χ1v) is 9.35. The van der Waals surface area contributed by atoms with Crippen molar-refractivity contribution in [3.63, 3.8) is 0 Å². The summed E-state index contributed by atoms with van der Waals surface area (Å²) in [5, 5.41) is 6.96. The minimum Gasteiger partial charge on any atom is -0.457 e. The molecular formula is C22H18N6O3. The molecule has 9 heteroatoms. The van der Waals surface area contributed by atoms with E-state index in [4.69, 9.17) is 10.5 Å². The normalized spacial score (nSPS) is 10.5. The highest BCUT2D eigenvalue weighted by molar-refractivity contribution is 5.94. The molecule has 0 saturated carbocycles. The molecule has 0 fully saturated rings. The van der Waals surface area contributed by atoms with E-state index in [0.717, 1.165) is 5.56 Å². The van der Waals surface area contributed by atoms with Gasteiger partial charge in [0.2, 0.25) is 5.91 Å². The zero-order chi connectivity index (χ0) is 21.6. The van der Waals surface area contributed by atoms with Gasteiger partial charge in [-0.25, -0.2) is 14.6 Å². The van der Waals surface area contributed by atoms with Gasteiger partial charge in [0.15, 0.2) is 5.82 Å². The number of aromatic nitrogens is 4. The molecular weight excluding hydrogens is 396 g/mol. The number of rotatable bonds is 7. The molecule has 4 rings (SSSR count). The monoisotopic (exact) mass is 414 g/mol. The van der Waals surface area contributed by atoms with Crippen LogP contribution in [0.15, 0.2) is 79.5 Å². The Bertz CT molecular complexity index is 1190. The number of hydrogen-bond acceptors (Lipinski definition) is 6. The zero-order valence-corrected chi connectivity index (χ0v) is 16.3. The predicted molar refractivity (Wildman–Crippen MR) is 112 cm³/mol. The molecule has 0 aliphatic heterocycles. The van der Waals surface area contributed by atoms with E-state index >= 15 is 0 Å². The van der Waals surface area contributed by atoms with Crippen LogP contribution in [0.1, 0.15) is 26.3 Å². The molecule has 31 heavy (non-hydrogen) atoms. The highest BCUT2D eigenvalue weighted by Gasteiger charge is 2.10. The molecule has 154 valence electrons. The second kappa shape index (κ2) is 8.87. The van der Waals surface area contributed by atoms with E-state index < -0.39 is 5.91 Å². The fraction of sp³-hybridized carbons (Fsp3) is 0.0455. The molecule has 3 N–H and O–H groups in total. The summed E-state index contributed by atoms with van der Waals surface area (Å²) in [6, 6.07) is 16.9. The molecule has 0 aliphatic carbocycles.